The molecule has 7 aromatic carbocycles. The highest BCUT2D eigenvalue weighted by atomic mass is 16.5. The van der Waals surface area contributed by atoms with E-state index in [-0.39, 0.29) is 18.8 Å². The maximum atomic E-state index is 7.16. The van der Waals surface area contributed by atoms with Gasteiger partial charge in [-0.3, -0.25) is 0 Å². The van der Waals surface area contributed by atoms with Crippen LogP contribution in [0.15, 0.2) is 140 Å². The fourth-order valence-corrected chi connectivity index (χ4v) is 9.38. The zero-order chi connectivity index (χ0) is 35.2. The van der Waals surface area contributed by atoms with Crippen LogP contribution in [0, 0.1) is 0 Å². The van der Waals surface area contributed by atoms with Crippen LogP contribution in [0.25, 0.3) is 0 Å². The van der Waals surface area contributed by atoms with Crippen LogP contribution in [0.2, 0.25) is 0 Å². The highest BCUT2D eigenvalue weighted by Crippen LogP contribution is 2.48. The van der Waals surface area contributed by atoms with Crippen LogP contribution in [0.1, 0.15) is 26.3 Å². The fraction of sp³-hybridized carbons (Fsp3) is 0.0870. The third-order valence-corrected chi connectivity index (χ3v) is 11.7. The summed E-state index contributed by atoms with van der Waals surface area (Å²) in [6.45, 7) is 6.59. The quantitative estimate of drug-likeness (QED) is 0.173. The summed E-state index contributed by atoms with van der Waals surface area (Å²) in [5, 5.41) is 0. The Morgan fingerprint density at radius 2 is 0.849 bits per heavy atom. The van der Waals surface area contributed by atoms with Gasteiger partial charge >= 0.3 is 0 Å². The van der Waals surface area contributed by atoms with Crippen molar-refractivity contribution in [2.45, 2.75) is 26.2 Å². The number of nitrogens with zero attached hydrogens (tertiary/aromatic N) is 2. The largest absolute Gasteiger partial charge is 0.458 e. The van der Waals surface area contributed by atoms with Crippen LogP contribution in [0.3, 0.4) is 0 Å². The molecule has 0 unspecified atom stereocenters. The Morgan fingerprint density at radius 3 is 1.38 bits per heavy atom. The number of benzene rings is 7. The van der Waals surface area contributed by atoms with Gasteiger partial charge in [0.25, 0.3) is 13.4 Å². The van der Waals surface area contributed by atoms with Crippen molar-refractivity contribution in [1.82, 2.24) is 0 Å². The van der Waals surface area contributed by atoms with Gasteiger partial charge in [-0.05, 0) is 112 Å². The maximum absolute atomic E-state index is 7.16. The fourth-order valence-electron chi connectivity index (χ4n) is 9.38. The first-order chi connectivity index (χ1) is 25.9. The Kier molecular flexibility index (Phi) is 5.62. The monoisotopic (exact) mass is 682 g/mol. The molecule has 5 heterocycles. The molecule has 250 valence electrons. The molecule has 0 aliphatic carbocycles. The van der Waals surface area contributed by atoms with Crippen molar-refractivity contribution >= 4 is 80.3 Å². The molecule has 5 aliphatic rings. The highest BCUT2D eigenvalue weighted by Gasteiger charge is 2.49. The number of rotatable bonds is 2. The van der Waals surface area contributed by atoms with Gasteiger partial charge in [-0.15, -0.1) is 0 Å². The van der Waals surface area contributed by atoms with Gasteiger partial charge < -0.3 is 24.0 Å². The predicted octanol–water partition coefficient (Wildman–Crippen LogP) is 7.90. The minimum Gasteiger partial charge on any atom is -0.458 e. The topological polar surface area (TPSA) is 34.2 Å². The van der Waals surface area contributed by atoms with Crippen LogP contribution in [-0.2, 0) is 5.41 Å². The Labute approximate surface area is 309 Å². The van der Waals surface area contributed by atoms with Gasteiger partial charge in [-0.25, -0.2) is 0 Å². The molecule has 5 aliphatic heterocycles. The molecule has 0 N–H and O–H groups in total. The normalized spacial score (nSPS) is 14.6. The van der Waals surface area contributed by atoms with E-state index in [1.165, 1.54) is 16.5 Å². The van der Waals surface area contributed by atoms with Crippen LogP contribution >= 0.6 is 0 Å². The van der Waals surface area contributed by atoms with Crippen LogP contribution in [0.5, 0.6) is 34.5 Å². The van der Waals surface area contributed by atoms with Crippen molar-refractivity contribution in [3.05, 3.63) is 145 Å². The van der Waals surface area contributed by atoms with Crippen molar-refractivity contribution in [3.63, 3.8) is 0 Å². The van der Waals surface area contributed by atoms with Gasteiger partial charge in [0.05, 0.1) is 0 Å². The first-order valence-electron chi connectivity index (χ1n) is 18.4. The van der Waals surface area contributed by atoms with Crippen molar-refractivity contribution in [1.29, 1.82) is 0 Å². The summed E-state index contributed by atoms with van der Waals surface area (Å²) in [5.74, 6) is 5.01. The summed E-state index contributed by atoms with van der Waals surface area (Å²) in [7, 11) is 0. The summed E-state index contributed by atoms with van der Waals surface area (Å²) in [5.41, 5.74) is 14.7. The Bertz CT molecular complexity index is 2730. The van der Waals surface area contributed by atoms with E-state index in [4.69, 9.17) is 14.2 Å². The molecular formula is C46H32B2N2O3. The first kappa shape index (κ1) is 29.3. The number of anilines is 6. The second kappa shape index (κ2) is 10.2. The van der Waals surface area contributed by atoms with Crippen molar-refractivity contribution < 1.29 is 14.2 Å². The second-order valence-electron chi connectivity index (χ2n) is 15.7. The molecule has 12 rings (SSSR count). The van der Waals surface area contributed by atoms with E-state index in [0.29, 0.717) is 0 Å². The van der Waals surface area contributed by atoms with Crippen molar-refractivity contribution in [2.75, 3.05) is 9.80 Å². The number of ether oxygens (including phenoxy) is 3. The minimum atomic E-state index is -0.124. The van der Waals surface area contributed by atoms with E-state index in [9.17, 15) is 0 Å². The van der Waals surface area contributed by atoms with Crippen molar-refractivity contribution in [3.8, 4) is 34.5 Å². The molecule has 0 saturated carbocycles. The highest BCUT2D eigenvalue weighted by molar-refractivity contribution is 7.02. The van der Waals surface area contributed by atoms with Crippen LogP contribution in [-0.4, -0.2) is 13.4 Å². The number of para-hydroxylation sites is 2. The van der Waals surface area contributed by atoms with E-state index >= 15 is 0 Å². The summed E-state index contributed by atoms with van der Waals surface area (Å²) in [4.78, 5) is 4.88. The lowest BCUT2D eigenvalue weighted by Crippen LogP contribution is -2.64. The van der Waals surface area contributed by atoms with E-state index < -0.39 is 0 Å². The molecule has 0 amide bonds. The maximum Gasteiger partial charge on any atom is 0.261 e. The molecular weight excluding hydrogens is 650 g/mol. The van der Waals surface area contributed by atoms with Gasteiger partial charge in [0, 0.05) is 45.0 Å². The zero-order valence-electron chi connectivity index (χ0n) is 29.6. The summed E-state index contributed by atoms with van der Waals surface area (Å²) in [6, 6.07) is 50.0. The number of hydrogen-bond donors (Lipinski definition) is 0. The molecule has 7 aromatic rings. The van der Waals surface area contributed by atoms with E-state index in [0.717, 1.165) is 90.5 Å². The SMILES string of the molecule is CC(C)(C)c1cc2c3c(c1)N(c1ccccc1)c1cc4c5cc1B3c1c(cccc1O2)Oc1cccc2c1B5c1c(cccc1N4c1ccccc1)O2. The van der Waals surface area contributed by atoms with Gasteiger partial charge in [0.1, 0.15) is 34.5 Å². The third kappa shape index (κ3) is 3.89. The third-order valence-electron chi connectivity index (χ3n) is 11.7. The predicted molar refractivity (Wildman–Crippen MR) is 217 cm³/mol. The Morgan fingerprint density at radius 1 is 0.396 bits per heavy atom. The molecule has 0 saturated heterocycles. The average molecular weight is 682 g/mol. The van der Waals surface area contributed by atoms with Crippen molar-refractivity contribution in [2.24, 2.45) is 0 Å². The first-order valence-corrected chi connectivity index (χ1v) is 18.4. The van der Waals surface area contributed by atoms with Crippen LogP contribution < -0.4 is 56.8 Å². The molecule has 53 heavy (non-hydrogen) atoms. The van der Waals surface area contributed by atoms with E-state index in [1.54, 1.807) is 0 Å². The molecule has 7 heteroatoms. The smallest absolute Gasteiger partial charge is 0.261 e. The van der Waals surface area contributed by atoms with Gasteiger partial charge in [0.2, 0.25) is 0 Å². The van der Waals surface area contributed by atoms with Gasteiger partial charge in [0.15, 0.2) is 0 Å². The lowest BCUT2D eigenvalue weighted by atomic mass is 9.30. The van der Waals surface area contributed by atoms with Crippen LogP contribution in [0.4, 0.5) is 34.1 Å². The zero-order valence-corrected chi connectivity index (χ0v) is 29.6. The lowest BCUT2D eigenvalue weighted by molar-refractivity contribution is 0.459. The Hall–Kier alpha value is -6.33. The summed E-state index contributed by atoms with van der Waals surface area (Å²) in [6.07, 6.45) is 0. The second-order valence-corrected chi connectivity index (χ2v) is 15.7. The molecule has 0 fully saturated rings. The molecule has 0 spiro atoms. The minimum absolute atomic E-state index is 0.106. The lowest BCUT2D eigenvalue weighted by Gasteiger charge is -2.45. The Balaban J connectivity index is 1.27. The molecule has 0 radical (unpaired) electrons. The van der Waals surface area contributed by atoms with E-state index in [1.807, 2.05) is 12.1 Å². The molecule has 5 nitrogen and oxygen atoms in total. The number of hydrogen-bond acceptors (Lipinski definition) is 5. The molecule has 0 atom stereocenters. The van der Waals surface area contributed by atoms with E-state index in [2.05, 4.69) is 158 Å². The summed E-state index contributed by atoms with van der Waals surface area (Å²) < 4.78 is 20.9. The molecule has 2 bridgehead atoms. The summed E-state index contributed by atoms with van der Waals surface area (Å²) >= 11 is 0. The standard InChI is InChI=1S/C46H32B2N2O3/c1-46(2,3)27-23-35-43-41(24-27)53-40-22-12-21-39-45(40)48(43)31-25-30-33(26-34(31)50(35)29-15-8-5-9-16-29)49(28-13-6-4-7-14-28)32-17-10-18-36-42(32)47(30)44-37(51-36)19-11-20-38(44)52-39/h4-26H,1-3H3. The van der Waals surface area contributed by atoms with Gasteiger partial charge in [-0.2, -0.15) is 0 Å². The van der Waals surface area contributed by atoms with Gasteiger partial charge in [-0.1, -0.05) is 81.4 Å². The average Bonchev–Trinajstić information content (AvgIpc) is 3.17. The molecule has 0 aromatic heterocycles.